The fourth-order valence-corrected chi connectivity index (χ4v) is 1.43. The maximum absolute atomic E-state index is 11.6. The Morgan fingerprint density at radius 2 is 2.17 bits per heavy atom. The van der Waals surface area contributed by atoms with Gasteiger partial charge in [0.05, 0.1) is 5.56 Å². The van der Waals surface area contributed by atoms with Gasteiger partial charge in [-0.2, -0.15) is 0 Å². The van der Waals surface area contributed by atoms with Gasteiger partial charge in [0.1, 0.15) is 13.2 Å². The number of hydrogen-bond donors (Lipinski definition) is 1. The Bertz CT molecular complexity index is 496. The highest BCUT2D eigenvalue weighted by atomic mass is 16.5. The van der Waals surface area contributed by atoms with Gasteiger partial charge in [0.25, 0.3) is 0 Å². The molecule has 2 rings (SSSR count). The van der Waals surface area contributed by atoms with Crippen LogP contribution in [0.15, 0.2) is 45.9 Å². The van der Waals surface area contributed by atoms with E-state index in [2.05, 4.69) is 15.6 Å². The maximum atomic E-state index is 11.6. The van der Waals surface area contributed by atoms with Gasteiger partial charge in [-0.3, -0.25) is 0 Å². The van der Waals surface area contributed by atoms with Gasteiger partial charge in [0.2, 0.25) is 5.22 Å². The normalized spacial score (nSPS) is 21.8. The van der Waals surface area contributed by atoms with E-state index in [0.29, 0.717) is 5.56 Å². The Morgan fingerprint density at radius 3 is 2.78 bits per heavy atom. The van der Waals surface area contributed by atoms with Crippen molar-refractivity contribution in [2.75, 3.05) is 13.2 Å². The second-order valence-electron chi connectivity index (χ2n) is 3.87. The molecule has 1 aliphatic rings. The second kappa shape index (κ2) is 5.01. The maximum Gasteiger partial charge on any atom is 0.364 e. The molecule has 0 saturated heterocycles. The number of hydrogen-bond acceptors (Lipinski definition) is 6. The third-order valence-corrected chi connectivity index (χ3v) is 2.42. The molecule has 1 aliphatic heterocycles. The molecule has 0 amide bonds. The van der Waals surface area contributed by atoms with E-state index in [9.17, 15) is 9.90 Å². The zero-order chi connectivity index (χ0) is 13.0. The molecule has 1 unspecified atom stereocenters. The molecule has 0 aliphatic carbocycles. The third-order valence-electron chi connectivity index (χ3n) is 2.42. The van der Waals surface area contributed by atoms with Gasteiger partial charge < -0.3 is 9.84 Å². The van der Waals surface area contributed by atoms with Crippen LogP contribution in [0.2, 0.25) is 0 Å². The van der Waals surface area contributed by atoms with Crippen molar-refractivity contribution in [2.24, 2.45) is 15.6 Å². The summed E-state index contributed by atoms with van der Waals surface area (Å²) >= 11 is 0. The predicted molar refractivity (Wildman–Crippen MR) is 59.8 cm³/mol. The molecule has 1 aromatic rings. The van der Waals surface area contributed by atoms with Crippen LogP contribution >= 0.6 is 0 Å². The van der Waals surface area contributed by atoms with Crippen molar-refractivity contribution in [3.05, 3.63) is 35.9 Å². The van der Waals surface area contributed by atoms with Crippen LogP contribution in [0.25, 0.3) is 0 Å². The molecule has 1 heterocycles. The van der Waals surface area contributed by atoms with Crippen LogP contribution in [0.3, 0.4) is 0 Å². The lowest BCUT2D eigenvalue weighted by molar-refractivity contribution is -0.695. The molecule has 0 fully saturated rings. The van der Waals surface area contributed by atoms with Crippen LogP contribution in [0.5, 0.6) is 0 Å². The molecule has 1 N–H and O–H groups in total. The first-order valence-corrected chi connectivity index (χ1v) is 5.44. The van der Waals surface area contributed by atoms with E-state index >= 15 is 0 Å². The molecule has 18 heavy (non-hydrogen) atoms. The minimum absolute atomic E-state index is 0.0957. The van der Waals surface area contributed by atoms with Crippen molar-refractivity contribution in [3.63, 3.8) is 0 Å². The van der Waals surface area contributed by atoms with Crippen LogP contribution in [0.1, 0.15) is 17.3 Å². The number of ether oxygens (including phenoxy) is 1. The third kappa shape index (κ3) is 2.75. The fourth-order valence-electron chi connectivity index (χ4n) is 1.43. The molecule has 0 saturated carbocycles. The summed E-state index contributed by atoms with van der Waals surface area (Å²) in [6, 6.07) is 8.68. The van der Waals surface area contributed by atoms with Crippen molar-refractivity contribution in [2.45, 2.75) is 12.8 Å². The Hall–Kier alpha value is -2.15. The number of nitrogens with zero attached hydrogens (tertiary/aromatic N) is 4. The summed E-state index contributed by atoms with van der Waals surface area (Å²) < 4.78 is 6.29. The molecule has 94 valence electrons. The molecule has 1 aromatic carbocycles. The Morgan fingerprint density at radius 1 is 1.44 bits per heavy atom. The van der Waals surface area contributed by atoms with Crippen LogP contribution in [-0.2, 0) is 4.74 Å². The summed E-state index contributed by atoms with van der Waals surface area (Å²) in [6.45, 7) is 1.77. The largest absolute Gasteiger partial charge is 0.458 e. The van der Waals surface area contributed by atoms with Crippen LogP contribution in [0, 0.1) is 0 Å². The van der Waals surface area contributed by atoms with E-state index in [1.807, 2.05) is 6.07 Å². The Labute approximate surface area is 103 Å². The topological polar surface area (TPSA) is 86.6 Å². The molecule has 7 heteroatoms. The molecular formula is C11H13N4O3+. The summed E-state index contributed by atoms with van der Waals surface area (Å²) in [4.78, 5) is 11.6. The Kier molecular flexibility index (Phi) is 3.42. The number of esters is 1. The lowest BCUT2D eigenvalue weighted by Gasteiger charge is -2.10. The van der Waals surface area contributed by atoms with E-state index in [-0.39, 0.29) is 13.2 Å². The number of rotatable bonds is 4. The van der Waals surface area contributed by atoms with Crippen molar-refractivity contribution >= 4 is 5.97 Å². The second-order valence-corrected chi connectivity index (χ2v) is 3.87. The summed E-state index contributed by atoms with van der Waals surface area (Å²) in [6.07, 6.45) is 0. The van der Waals surface area contributed by atoms with Gasteiger partial charge in [-0.25, -0.2) is 4.79 Å². The van der Waals surface area contributed by atoms with Crippen LogP contribution in [0.4, 0.5) is 0 Å². The smallest absolute Gasteiger partial charge is 0.364 e. The van der Waals surface area contributed by atoms with E-state index in [0.717, 1.165) is 0 Å². The van der Waals surface area contributed by atoms with Crippen molar-refractivity contribution < 1.29 is 19.3 Å². The van der Waals surface area contributed by atoms with Crippen molar-refractivity contribution in [1.29, 1.82) is 0 Å². The average molecular weight is 249 g/mol. The Balaban J connectivity index is 1.82. The van der Waals surface area contributed by atoms with Gasteiger partial charge in [-0.05, 0) is 12.1 Å². The molecule has 1 atom stereocenters. The minimum Gasteiger partial charge on any atom is -0.458 e. The molecule has 0 radical (unpaired) electrons. The first-order valence-electron chi connectivity index (χ1n) is 5.44. The lowest BCUT2D eigenvalue weighted by Crippen LogP contribution is -2.35. The highest BCUT2D eigenvalue weighted by Crippen LogP contribution is 2.14. The predicted octanol–water partition coefficient (Wildman–Crippen LogP) is 1.35. The number of aliphatic hydroxyl groups is 1. The van der Waals surface area contributed by atoms with E-state index in [1.54, 1.807) is 24.3 Å². The van der Waals surface area contributed by atoms with Gasteiger partial charge in [-0.1, -0.05) is 18.2 Å². The van der Waals surface area contributed by atoms with Gasteiger partial charge >= 0.3 is 11.8 Å². The van der Waals surface area contributed by atoms with Crippen LogP contribution in [-0.4, -0.2) is 34.8 Å². The molecule has 0 bridgehead atoms. The number of carbonyl (C=O) groups excluding carboxylic acids is 1. The fraction of sp³-hybridized carbons (Fsp3) is 0.364. The number of carbonyl (C=O) groups is 1. The lowest BCUT2D eigenvalue weighted by atomic mass is 10.2. The monoisotopic (exact) mass is 249 g/mol. The van der Waals surface area contributed by atoms with Gasteiger partial charge in [0, 0.05) is 12.0 Å². The molecule has 0 aromatic heterocycles. The summed E-state index contributed by atoms with van der Waals surface area (Å²) in [7, 11) is 0. The van der Waals surface area contributed by atoms with Gasteiger partial charge in [0.15, 0.2) is 5.22 Å². The highest BCUT2D eigenvalue weighted by molar-refractivity contribution is 5.89. The van der Waals surface area contributed by atoms with E-state index in [4.69, 9.17) is 4.74 Å². The van der Waals surface area contributed by atoms with Gasteiger partial charge in [-0.15, -0.1) is 4.70 Å². The van der Waals surface area contributed by atoms with E-state index in [1.165, 1.54) is 11.6 Å². The van der Waals surface area contributed by atoms with Crippen LogP contribution < -0.4 is 0 Å². The summed E-state index contributed by atoms with van der Waals surface area (Å²) in [5.74, 6) is -1.87. The summed E-state index contributed by atoms with van der Waals surface area (Å²) in [5.41, 5.74) is 0.483. The number of benzene rings is 1. The quantitative estimate of drug-likeness (QED) is 0.645. The highest BCUT2D eigenvalue weighted by Gasteiger charge is 2.38. The summed E-state index contributed by atoms with van der Waals surface area (Å²) in [5, 5.41) is 20.1. The molecule has 0 spiro atoms. The SMILES string of the molecule is CC1(O)N=NN=[N+]1CCOC(=O)c1ccccc1. The molecule has 7 nitrogen and oxygen atoms in total. The van der Waals surface area contributed by atoms with E-state index < -0.39 is 11.8 Å². The molecular weight excluding hydrogens is 236 g/mol. The minimum atomic E-state index is -1.46. The zero-order valence-electron chi connectivity index (χ0n) is 9.85. The first-order chi connectivity index (χ1) is 8.59. The average Bonchev–Trinajstić information content (AvgIpc) is 2.70. The zero-order valence-corrected chi connectivity index (χ0v) is 9.85. The van der Waals surface area contributed by atoms with Crippen molar-refractivity contribution in [3.8, 4) is 0 Å². The first kappa shape index (κ1) is 12.3. The van der Waals surface area contributed by atoms with Crippen molar-refractivity contribution in [1.82, 2.24) is 0 Å². The standard InChI is InChI=1S/C11H13N4O3/c1-11(17)12-13-14-15(11)7-8-18-10(16)9-5-3-2-4-6-9/h2-6,17H,7-8H2,1H3/q+1.